The fourth-order valence-corrected chi connectivity index (χ4v) is 4.72. The zero-order valence-corrected chi connectivity index (χ0v) is 17.4. The molecular formula is C20H24FN3O4S. The first-order chi connectivity index (χ1) is 13.6. The highest BCUT2D eigenvalue weighted by molar-refractivity contribution is 7.91. The molecule has 0 spiro atoms. The lowest BCUT2D eigenvalue weighted by Gasteiger charge is -2.29. The molecule has 1 unspecified atom stereocenters. The highest BCUT2D eigenvalue weighted by Gasteiger charge is 2.29. The third-order valence-electron chi connectivity index (χ3n) is 5.13. The number of benzene rings is 1. The van der Waals surface area contributed by atoms with Crippen LogP contribution < -0.4 is 5.32 Å². The number of rotatable bonds is 4. The maximum atomic E-state index is 13.2. The Morgan fingerprint density at radius 2 is 1.69 bits per heavy atom. The summed E-state index contributed by atoms with van der Waals surface area (Å²) in [5, 5.41) is 2.70. The Kier molecular flexibility index (Phi) is 5.79. The molecule has 2 amide bonds. The van der Waals surface area contributed by atoms with E-state index in [-0.39, 0.29) is 36.3 Å². The average Bonchev–Trinajstić information content (AvgIpc) is 2.96. The fraction of sp³-hybridized carbons (Fsp3) is 0.400. The van der Waals surface area contributed by atoms with E-state index >= 15 is 0 Å². The number of nitrogens with zero attached hydrogens (tertiary/aromatic N) is 2. The van der Waals surface area contributed by atoms with Crippen LogP contribution in [0.3, 0.4) is 0 Å². The molecule has 0 radical (unpaired) electrons. The lowest BCUT2D eigenvalue weighted by Crippen LogP contribution is -2.51. The summed E-state index contributed by atoms with van der Waals surface area (Å²) in [6.07, 6.45) is 0. The molecule has 1 aliphatic heterocycles. The fourth-order valence-electron chi connectivity index (χ4n) is 3.52. The van der Waals surface area contributed by atoms with Gasteiger partial charge in [-0.15, -0.1) is 0 Å². The number of aryl methyl sites for hydroxylation is 1. The third-order valence-corrected chi connectivity index (χ3v) is 6.74. The van der Waals surface area contributed by atoms with Crippen molar-refractivity contribution in [2.75, 3.05) is 24.6 Å². The van der Waals surface area contributed by atoms with Gasteiger partial charge in [0.2, 0.25) is 5.91 Å². The SMILES string of the molecule is Cc1cc(C(=O)NC(C)C(=O)N2CCS(=O)(=O)CC2)c(C)n1-c1ccc(F)cc1. The summed E-state index contributed by atoms with van der Waals surface area (Å²) in [6.45, 7) is 5.49. The normalized spacial score (nSPS) is 17.0. The van der Waals surface area contributed by atoms with Gasteiger partial charge in [0.25, 0.3) is 5.91 Å². The molecular weight excluding hydrogens is 397 g/mol. The molecule has 2 heterocycles. The molecule has 1 atom stereocenters. The molecule has 1 N–H and O–H groups in total. The van der Waals surface area contributed by atoms with Crippen LogP contribution in [0.1, 0.15) is 28.7 Å². The van der Waals surface area contributed by atoms with Crippen molar-refractivity contribution in [1.29, 1.82) is 0 Å². The molecule has 7 nitrogen and oxygen atoms in total. The zero-order valence-electron chi connectivity index (χ0n) is 16.6. The van der Waals surface area contributed by atoms with Crippen molar-refractivity contribution < 1.29 is 22.4 Å². The van der Waals surface area contributed by atoms with Crippen LogP contribution in [0.25, 0.3) is 5.69 Å². The minimum Gasteiger partial charge on any atom is -0.340 e. The Labute approximate surface area is 169 Å². The maximum absolute atomic E-state index is 13.2. The van der Waals surface area contributed by atoms with E-state index in [1.54, 1.807) is 32.0 Å². The quantitative estimate of drug-likeness (QED) is 0.812. The molecule has 3 rings (SSSR count). The number of amides is 2. The van der Waals surface area contributed by atoms with E-state index in [0.717, 1.165) is 11.4 Å². The van der Waals surface area contributed by atoms with Gasteiger partial charge in [0.05, 0.1) is 17.1 Å². The van der Waals surface area contributed by atoms with Crippen LogP contribution in [0.2, 0.25) is 0 Å². The maximum Gasteiger partial charge on any atom is 0.253 e. The van der Waals surface area contributed by atoms with Crippen molar-refractivity contribution in [3.63, 3.8) is 0 Å². The molecule has 9 heteroatoms. The van der Waals surface area contributed by atoms with Gasteiger partial charge in [0.1, 0.15) is 11.9 Å². The number of hydrogen-bond donors (Lipinski definition) is 1. The molecule has 1 saturated heterocycles. The number of halogens is 1. The van der Waals surface area contributed by atoms with Crippen LogP contribution in [0.4, 0.5) is 4.39 Å². The Hall–Kier alpha value is -2.68. The highest BCUT2D eigenvalue weighted by Crippen LogP contribution is 2.21. The van der Waals surface area contributed by atoms with Gasteiger partial charge in [-0.05, 0) is 51.1 Å². The van der Waals surface area contributed by atoms with Gasteiger partial charge in [0.15, 0.2) is 9.84 Å². The molecule has 0 bridgehead atoms. The van der Waals surface area contributed by atoms with Crippen LogP contribution in [0, 0.1) is 19.7 Å². The summed E-state index contributed by atoms with van der Waals surface area (Å²) in [4.78, 5) is 26.8. The number of hydrogen-bond acceptors (Lipinski definition) is 4. The van der Waals surface area contributed by atoms with E-state index in [0.29, 0.717) is 11.3 Å². The van der Waals surface area contributed by atoms with Crippen molar-refractivity contribution in [2.45, 2.75) is 26.8 Å². The van der Waals surface area contributed by atoms with Gasteiger partial charge in [0, 0.05) is 30.2 Å². The van der Waals surface area contributed by atoms with Crippen LogP contribution in [-0.4, -0.2) is 60.3 Å². The standard InChI is InChI=1S/C20H24FN3O4S/c1-13-12-18(15(3)24(13)17-6-4-16(21)5-7-17)19(25)22-14(2)20(26)23-8-10-29(27,28)11-9-23/h4-7,12,14H,8-11H2,1-3H3,(H,22,25). The predicted molar refractivity (Wildman–Crippen MR) is 107 cm³/mol. The van der Waals surface area contributed by atoms with Gasteiger partial charge < -0.3 is 14.8 Å². The Balaban J connectivity index is 1.73. The minimum atomic E-state index is -3.09. The summed E-state index contributed by atoms with van der Waals surface area (Å²) < 4.78 is 38.1. The lowest BCUT2D eigenvalue weighted by atomic mass is 10.2. The number of nitrogens with one attached hydrogen (secondary N) is 1. The van der Waals surface area contributed by atoms with Crippen LogP contribution in [0.5, 0.6) is 0 Å². The highest BCUT2D eigenvalue weighted by atomic mass is 32.2. The molecule has 0 saturated carbocycles. The molecule has 29 heavy (non-hydrogen) atoms. The molecule has 2 aromatic rings. The zero-order chi connectivity index (χ0) is 21.3. The second-order valence-electron chi connectivity index (χ2n) is 7.27. The van der Waals surface area contributed by atoms with Crippen molar-refractivity contribution >= 4 is 21.7 Å². The molecule has 1 aromatic heterocycles. The van der Waals surface area contributed by atoms with Crippen molar-refractivity contribution in [1.82, 2.24) is 14.8 Å². The largest absolute Gasteiger partial charge is 0.340 e. The van der Waals surface area contributed by atoms with E-state index in [1.165, 1.54) is 17.0 Å². The van der Waals surface area contributed by atoms with Crippen LogP contribution >= 0.6 is 0 Å². The summed E-state index contributed by atoms with van der Waals surface area (Å²) >= 11 is 0. The molecule has 156 valence electrons. The lowest BCUT2D eigenvalue weighted by molar-refractivity contribution is -0.132. The second-order valence-corrected chi connectivity index (χ2v) is 9.57. The average molecular weight is 421 g/mol. The second kappa shape index (κ2) is 7.98. The van der Waals surface area contributed by atoms with E-state index in [4.69, 9.17) is 0 Å². The first kappa shape index (κ1) is 21.0. The smallest absolute Gasteiger partial charge is 0.253 e. The van der Waals surface area contributed by atoms with Crippen LogP contribution in [-0.2, 0) is 14.6 Å². The number of sulfone groups is 1. The topological polar surface area (TPSA) is 88.5 Å². The first-order valence-electron chi connectivity index (χ1n) is 9.34. The minimum absolute atomic E-state index is 0.0573. The monoisotopic (exact) mass is 421 g/mol. The first-order valence-corrected chi connectivity index (χ1v) is 11.2. The van der Waals surface area contributed by atoms with E-state index in [1.807, 2.05) is 11.5 Å². The Morgan fingerprint density at radius 1 is 1.10 bits per heavy atom. The van der Waals surface area contributed by atoms with E-state index in [9.17, 15) is 22.4 Å². The number of aromatic nitrogens is 1. The van der Waals surface area contributed by atoms with Gasteiger partial charge in [-0.25, -0.2) is 12.8 Å². The predicted octanol–water partition coefficient (Wildman–Crippen LogP) is 1.61. The summed E-state index contributed by atoms with van der Waals surface area (Å²) in [6, 6.07) is 6.91. The van der Waals surface area contributed by atoms with Gasteiger partial charge >= 0.3 is 0 Å². The van der Waals surface area contributed by atoms with Crippen molar-refractivity contribution in [3.8, 4) is 5.69 Å². The molecule has 0 aliphatic carbocycles. The van der Waals surface area contributed by atoms with Crippen molar-refractivity contribution in [3.05, 3.63) is 53.1 Å². The van der Waals surface area contributed by atoms with Gasteiger partial charge in [-0.1, -0.05) is 0 Å². The van der Waals surface area contributed by atoms with E-state index < -0.39 is 21.8 Å². The van der Waals surface area contributed by atoms with Crippen molar-refractivity contribution in [2.24, 2.45) is 0 Å². The van der Waals surface area contributed by atoms with Gasteiger partial charge in [-0.3, -0.25) is 9.59 Å². The number of carbonyl (C=O) groups excluding carboxylic acids is 2. The number of carbonyl (C=O) groups is 2. The molecule has 1 aromatic carbocycles. The van der Waals surface area contributed by atoms with E-state index in [2.05, 4.69) is 5.32 Å². The van der Waals surface area contributed by atoms with Crippen LogP contribution in [0.15, 0.2) is 30.3 Å². The third kappa shape index (κ3) is 4.50. The summed E-state index contributed by atoms with van der Waals surface area (Å²) in [7, 11) is -3.09. The van der Waals surface area contributed by atoms with Gasteiger partial charge in [-0.2, -0.15) is 0 Å². The summed E-state index contributed by atoms with van der Waals surface area (Å²) in [5.41, 5.74) is 2.64. The molecule has 1 fully saturated rings. The summed E-state index contributed by atoms with van der Waals surface area (Å²) in [5.74, 6) is -1.15. The Morgan fingerprint density at radius 3 is 2.28 bits per heavy atom. The Bertz CT molecular complexity index is 1030. The molecule has 1 aliphatic rings.